The topological polar surface area (TPSA) is 58.4 Å². The molecule has 1 aromatic carbocycles. The molecule has 19 heavy (non-hydrogen) atoms. The van der Waals surface area contributed by atoms with E-state index in [-0.39, 0.29) is 5.91 Å². The molecule has 0 spiro atoms. The van der Waals surface area contributed by atoms with Crippen LogP contribution in [0.4, 0.5) is 0 Å². The number of nitrogens with zero attached hydrogens (tertiary/aromatic N) is 1. The predicted molar refractivity (Wildman–Crippen MR) is 75.3 cm³/mol. The third kappa shape index (κ3) is 4.09. The van der Waals surface area contributed by atoms with E-state index in [2.05, 4.69) is 17.3 Å². The number of nitrogens with two attached hydrogens (primary N) is 1. The Morgan fingerprint density at radius 2 is 2.11 bits per heavy atom. The lowest BCUT2D eigenvalue weighted by Crippen LogP contribution is -2.45. The highest BCUT2D eigenvalue weighted by atomic mass is 16.2. The fourth-order valence-corrected chi connectivity index (χ4v) is 2.11. The average molecular weight is 257 g/mol. The van der Waals surface area contributed by atoms with Crippen LogP contribution in [-0.2, 0) is 0 Å². The maximum Gasteiger partial charge on any atom is 0.265 e. The van der Waals surface area contributed by atoms with Gasteiger partial charge in [-0.2, -0.15) is 0 Å². The molecule has 0 bridgehead atoms. The van der Waals surface area contributed by atoms with Gasteiger partial charge in [-0.15, -0.1) is 0 Å². The average Bonchev–Trinajstić information content (AvgIpc) is 2.46. The summed E-state index contributed by atoms with van der Waals surface area (Å²) in [5, 5.41) is 1.99. The van der Waals surface area contributed by atoms with Crippen molar-refractivity contribution >= 4 is 5.91 Å². The van der Waals surface area contributed by atoms with Gasteiger partial charge in [0.25, 0.3) is 5.91 Å². The number of carbonyl (C=O) groups excluding carboxylic acids is 1. The molecule has 0 unspecified atom stereocenters. The summed E-state index contributed by atoms with van der Waals surface area (Å²) in [5.41, 5.74) is 9.73. The minimum Gasteiger partial charge on any atom is -0.320 e. The lowest BCUT2D eigenvalue weighted by molar-refractivity contribution is 0.0750. The van der Waals surface area contributed by atoms with Crippen LogP contribution in [0.2, 0.25) is 0 Å². The number of piperidine rings is 1. The summed E-state index contributed by atoms with van der Waals surface area (Å²) in [6.07, 6.45) is 3.53. The van der Waals surface area contributed by atoms with E-state index in [4.69, 9.17) is 5.73 Å². The van der Waals surface area contributed by atoms with E-state index in [1.807, 2.05) is 17.1 Å². The Bertz CT molecular complexity index is 496. The maximum atomic E-state index is 12.1. The quantitative estimate of drug-likeness (QED) is 0.781. The van der Waals surface area contributed by atoms with Gasteiger partial charge in [-0.3, -0.25) is 10.2 Å². The molecule has 1 heterocycles. The molecule has 0 saturated carbocycles. The van der Waals surface area contributed by atoms with Crippen molar-refractivity contribution in [2.24, 2.45) is 5.73 Å². The van der Waals surface area contributed by atoms with Crippen LogP contribution < -0.4 is 11.2 Å². The molecule has 0 aromatic heterocycles. The highest BCUT2D eigenvalue weighted by Gasteiger charge is 2.13. The summed E-state index contributed by atoms with van der Waals surface area (Å²) < 4.78 is 0. The summed E-state index contributed by atoms with van der Waals surface area (Å²) in [7, 11) is 0. The van der Waals surface area contributed by atoms with Crippen LogP contribution in [0, 0.1) is 11.8 Å². The van der Waals surface area contributed by atoms with E-state index < -0.39 is 0 Å². The van der Waals surface area contributed by atoms with Crippen LogP contribution in [0.15, 0.2) is 24.3 Å². The molecule has 1 amide bonds. The third-order valence-corrected chi connectivity index (χ3v) is 3.08. The molecular formula is C15H19N3O. The Balaban J connectivity index is 2.01. The number of benzene rings is 1. The van der Waals surface area contributed by atoms with Crippen LogP contribution in [0.25, 0.3) is 0 Å². The van der Waals surface area contributed by atoms with E-state index in [1.165, 1.54) is 6.42 Å². The van der Waals surface area contributed by atoms with Gasteiger partial charge in [0.05, 0.1) is 6.54 Å². The Labute approximate surface area is 113 Å². The zero-order chi connectivity index (χ0) is 13.5. The zero-order valence-corrected chi connectivity index (χ0v) is 11.0. The Morgan fingerprint density at radius 1 is 1.32 bits per heavy atom. The minimum absolute atomic E-state index is 0.0710. The summed E-state index contributed by atoms with van der Waals surface area (Å²) in [6, 6.07) is 7.31. The molecule has 0 aliphatic carbocycles. The van der Waals surface area contributed by atoms with Crippen molar-refractivity contribution in [3.05, 3.63) is 35.4 Å². The first-order valence-electron chi connectivity index (χ1n) is 6.64. The number of amides is 1. The van der Waals surface area contributed by atoms with E-state index in [1.54, 1.807) is 12.1 Å². The molecular weight excluding hydrogens is 238 g/mol. The first-order valence-corrected chi connectivity index (χ1v) is 6.64. The summed E-state index contributed by atoms with van der Waals surface area (Å²) in [4.78, 5) is 12.1. The van der Waals surface area contributed by atoms with Gasteiger partial charge in [0, 0.05) is 24.2 Å². The third-order valence-electron chi connectivity index (χ3n) is 3.08. The van der Waals surface area contributed by atoms with Crippen LogP contribution in [0.1, 0.15) is 35.2 Å². The van der Waals surface area contributed by atoms with Crippen LogP contribution in [0.5, 0.6) is 0 Å². The second kappa shape index (κ2) is 6.93. The summed E-state index contributed by atoms with van der Waals surface area (Å²) in [5.74, 6) is 5.65. The largest absolute Gasteiger partial charge is 0.320 e. The van der Waals surface area contributed by atoms with Gasteiger partial charge < -0.3 is 5.73 Å². The van der Waals surface area contributed by atoms with Gasteiger partial charge in [-0.05, 0) is 31.0 Å². The number of rotatable bonds is 2. The van der Waals surface area contributed by atoms with Crippen molar-refractivity contribution in [3.63, 3.8) is 0 Å². The van der Waals surface area contributed by atoms with Crippen molar-refractivity contribution < 1.29 is 4.79 Å². The van der Waals surface area contributed by atoms with E-state index in [0.29, 0.717) is 12.1 Å². The first kappa shape index (κ1) is 13.6. The van der Waals surface area contributed by atoms with Gasteiger partial charge in [0.15, 0.2) is 0 Å². The predicted octanol–water partition coefficient (Wildman–Crippen LogP) is 1.13. The molecule has 0 atom stereocenters. The van der Waals surface area contributed by atoms with Crippen molar-refractivity contribution in [1.29, 1.82) is 0 Å². The summed E-state index contributed by atoms with van der Waals surface area (Å²) >= 11 is 0. The van der Waals surface area contributed by atoms with Crippen LogP contribution >= 0.6 is 0 Å². The molecule has 4 nitrogen and oxygen atoms in total. The van der Waals surface area contributed by atoms with Gasteiger partial charge in [0.1, 0.15) is 0 Å². The van der Waals surface area contributed by atoms with Crippen molar-refractivity contribution in [1.82, 2.24) is 10.4 Å². The SMILES string of the molecule is NCC#Cc1cccc(C(=O)NN2CCCCC2)c1. The lowest BCUT2D eigenvalue weighted by atomic mass is 10.1. The standard InChI is InChI=1S/C15H19N3O/c16-9-5-7-13-6-4-8-14(12-13)15(19)17-18-10-2-1-3-11-18/h4,6,8,12H,1-3,9-11,16H2,(H,17,19). The number of hydrazine groups is 1. The number of hydrogen-bond donors (Lipinski definition) is 2. The fraction of sp³-hybridized carbons (Fsp3) is 0.400. The smallest absolute Gasteiger partial charge is 0.265 e. The Hall–Kier alpha value is -1.83. The zero-order valence-electron chi connectivity index (χ0n) is 11.0. The van der Waals surface area contributed by atoms with Crippen LogP contribution in [0.3, 0.4) is 0 Å². The second-order valence-electron chi connectivity index (χ2n) is 4.58. The lowest BCUT2D eigenvalue weighted by Gasteiger charge is -2.26. The molecule has 2 rings (SSSR count). The Morgan fingerprint density at radius 3 is 2.84 bits per heavy atom. The molecule has 4 heteroatoms. The number of nitrogens with one attached hydrogen (secondary N) is 1. The summed E-state index contributed by atoms with van der Waals surface area (Å²) in [6.45, 7) is 2.18. The van der Waals surface area contributed by atoms with Crippen LogP contribution in [-0.4, -0.2) is 30.6 Å². The molecule has 1 saturated heterocycles. The number of hydrogen-bond acceptors (Lipinski definition) is 3. The van der Waals surface area contributed by atoms with Gasteiger partial charge in [0.2, 0.25) is 0 Å². The maximum absolute atomic E-state index is 12.1. The molecule has 100 valence electrons. The highest BCUT2D eigenvalue weighted by molar-refractivity contribution is 5.94. The number of carbonyl (C=O) groups is 1. The first-order chi connectivity index (χ1) is 9.29. The van der Waals surface area contributed by atoms with Gasteiger partial charge in [-0.25, -0.2) is 5.01 Å². The van der Waals surface area contributed by atoms with Crippen molar-refractivity contribution in [3.8, 4) is 11.8 Å². The molecule has 1 aliphatic rings. The molecule has 1 aromatic rings. The van der Waals surface area contributed by atoms with Gasteiger partial charge in [-0.1, -0.05) is 24.3 Å². The second-order valence-corrected chi connectivity index (χ2v) is 4.58. The normalized spacial score (nSPS) is 15.4. The van der Waals surface area contributed by atoms with E-state index in [0.717, 1.165) is 31.5 Å². The van der Waals surface area contributed by atoms with Crippen molar-refractivity contribution in [2.75, 3.05) is 19.6 Å². The van der Waals surface area contributed by atoms with Crippen molar-refractivity contribution in [2.45, 2.75) is 19.3 Å². The molecule has 1 aliphatic heterocycles. The molecule has 1 fully saturated rings. The monoisotopic (exact) mass is 257 g/mol. The van der Waals surface area contributed by atoms with E-state index >= 15 is 0 Å². The highest BCUT2D eigenvalue weighted by Crippen LogP contribution is 2.08. The van der Waals surface area contributed by atoms with Gasteiger partial charge >= 0.3 is 0 Å². The molecule has 0 radical (unpaired) electrons. The molecule has 3 N–H and O–H groups in total. The minimum atomic E-state index is -0.0710. The van der Waals surface area contributed by atoms with E-state index in [9.17, 15) is 4.79 Å². The fourth-order valence-electron chi connectivity index (χ4n) is 2.11. The Kier molecular flexibility index (Phi) is 4.96.